The van der Waals surface area contributed by atoms with Crippen LogP contribution in [0.5, 0.6) is 0 Å². The molecule has 3 rings (SSSR count). The normalized spacial score (nSPS) is 14.9. The van der Waals surface area contributed by atoms with E-state index in [1.54, 1.807) is 11.5 Å². The maximum atomic E-state index is 4.48. The van der Waals surface area contributed by atoms with Gasteiger partial charge < -0.3 is 5.32 Å². The first-order chi connectivity index (χ1) is 8.31. The van der Waals surface area contributed by atoms with Crippen LogP contribution in [0, 0.1) is 5.92 Å². The first-order valence-corrected chi connectivity index (χ1v) is 7.34. The molecule has 1 saturated carbocycles. The molecule has 1 aliphatic rings. The average Bonchev–Trinajstić information content (AvgIpc) is 3.06. The number of nitrogens with one attached hydrogen (secondary N) is 1. The van der Waals surface area contributed by atoms with Crippen LogP contribution in [-0.4, -0.2) is 10.9 Å². The summed E-state index contributed by atoms with van der Waals surface area (Å²) in [6.45, 7) is 1.10. The number of hydrogen-bond acceptors (Lipinski definition) is 3. The SMILES string of the molecule is Brc1ccc(-c2cc(NCC3CC3)sn2)cc1. The van der Waals surface area contributed by atoms with Gasteiger partial charge in [-0.2, -0.15) is 4.37 Å². The van der Waals surface area contributed by atoms with E-state index in [4.69, 9.17) is 0 Å². The highest BCUT2D eigenvalue weighted by Crippen LogP contribution is 2.31. The minimum absolute atomic E-state index is 0.897. The summed E-state index contributed by atoms with van der Waals surface area (Å²) in [5.74, 6) is 0.897. The number of aromatic nitrogens is 1. The Balaban J connectivity index is 1.72. The largest absolute Gasteiger partial charge is 0.375 e. The lowest BCUT2D eigenvalue weighted by Crippen LogP contribution is -2.00. The lowest BCUT2D eigenvalue weighted by molar-refractivity contribution is 0.892. The standard InChI is InChI=1S/C13H13BrN2S/c14-11-5-3-10(4-6-11)12-7-13(17-16-12)15-8-9-1-2-9/h3-7,9,15H,1-2,8H2. The zero-order valence-electron chi connectivity index (χ0n) is 9.32. The van der Waals surface area contributed by atoms with Crippen LogP contribution in [0.15, 0.2) is 34.8 Å². The van der Waals surface area contributed by atoms with Crippen LogP contribution in [0.25, 0.3) is 11.3 Å². The highest BCUT2D eigenvalue weighted by Gasteiger charge is 2.20. The fraction of sp³-hybridized carbons (Fsp3) is 0.308. The van der Waals surface area contributed by atoms with Crippen LogP contribution in [0.2, 0.25) is 0 Å². The Morgan fingerprint density at radius 2 is 2.06 bits per heavy atom. The van der Waals surface area contributed by atoms with E-state index in [2.05, 4.69) is 43.8 Å². The van der Waals surface area contributed by atoms with Crippen molar-refractivity contribution in [2.45, 2.75) is 12.8 Å². The van der Waals surface area contributed by atoms with E-state index in [9.17, 15) is 0 Å². The van der Waals surface area contributed by atoms with Crippen LogP contribution in [-0.2, 0) is 0 Å². The smallest absolute Gasteiger partial charge is 0.110 e. The van der Waals surface area contributed by atoms with Gasteiger partial charge in [0.1, 0.15) is 5.00 Å². The summed E-state index contributed by atoms with van der Waals surface area (Å²) in [7, 11) is 0. The van der Waals surface area contributed by atoms with Crippen molar-refractivity contribution in [2.24, 2.45) is 5.92 Å². The van der Waals surface area contributed by atoms with Gasteiger partial charge in [0.15, 0.2) is 0 Å². The number of hydrogen-bond donors (Lipinski definition) is 1. The van der Waals surface area contributed by atoms with Gasteiger partial charge in [0.05, 0.1) is 5.69 Å². The molecule has 0 aliphatic heterocycles. The fourth-order valence-electron chi connectivity index (χ4n) is 1.68. The molecule has 1 fully saturated rings. The van der Waals surface area contributed by atoms with E-state index >= 15 is 0 Å². The summed E-state index contributed by atoms with van der Waals surface area (Å²) in [5, 5.41) is 4.63. The molecule has 0 bridgehead atoms. The summed E-state index contributed by atoms with van der Waals surface area (Å²) < 4.78 is 5.58. The molecule has 0 amide bonds. The van der Waals surface area contributed by atoms with Crippen molar-refractivity contribution in [3.05, 3.63) is 34.8 Å². The molecule has 0 saturated heterocycles. The fourth-order valence-corrected chi connectivity index (χ4v) is 2.61. The molecule has 2 nitrogen and oxygen atoms in total. The molecule has 0 atom stereocenters. The van der Waals surface area contributed by atoms with Crippen molar-refractivity contribution >= 4 is 32.5 Å². The minimum Gasteiger partial charge on any atom is -0.375 e. The number of anilines is 1. The Bertz CT molecular complexity index is 502. The van der Waals surface area contributed by atoms with Gasteiger partial charge in [-0.05, 0) is 42.4 Å². The minimum atomic E-state index is 0.897. The van der Waals surface area contributed by atoms with E-state index < -0.39 is 0 Å². The predicted octanol–water partition coefficient (Wildman–Crippen LogP) is 4.39. The van der Waals surface area contributed by atoms with Crippen LogP contribution in [0.3, 0.4) is 0 Å². The van der Waals surface area contributed by atoms with Gasteiger partial charge in [-0.15, -0.1) is 0 Å². The van der Waals surface area contributed by atoms with E-state index in [1.807, 2.05) is 12.1 Å². The Morgan fingerprint density at radius 3 is 2.76 bits per heavy atom. The van der Waals surface area contributed by atoms with Gasteiger partial charge in [0.2, 0.25) is 0 Å². The lowest BCUT2D eigenvalue weighted by atomic mass is 10.1. The summed E-state index contributed by atoms with van der Waals surface area (Å²) in [5.41, 5.74) is 2.23. The maximum Gasteiger partial charge on any atom is 0.110 e. The summed E-state index contributed by atoms with van der Waals surface area (Å²) in [6, 6.07) is 10.4. The number of nitrogens with zero attached hydrogens (tertiary/aromatic N) is 1. The molecular weight excluding hydrogens is 296 g/mol. The molecule has 1 aromatic heterocycles. The average molecular weight is 309 g/mol. The summed E-state index contributed by atoms with van der Waals surface area (Å²) >= 11 is 4.99. The van der Waals surface area contributed by atoms with Crippen molar-refractivity contribution in [3.8, 4) is 11.3 Å². The van der Waals surface area contributed by atoms with Gasteiger partial charge in [-0.1, -0.05) is 28.1 Å². The van der Waals surface area contributed by atoms with Gasteiger partial charge in [0, 0.05) is 22.6 Å². The second kappa shape index (κ2) is 4.78. The third-order valence-corrected chi connectivity index (χ3v) is 4.19. The van der Waals surface area contributed by atoms with E-state index in [0.717, 1.165) is 22.6 Å². The van der Waals surface area contributed by atoms with Gasteiger partial charge in [0.25, 0.3) is 0 Å². The Labute approximate surface area is 113 Å². The van der Waals surface area contributed by atoms with Gasteiger partial charge >= 0.3 is 0 Å². The van der Waals surface area contributed by atoms with E-state index in [-0.39, 0.29) is 0 Å². The Morgan fingerprint density at radius 1 is 1.29 bits per heavy atom. The molecule has 0 radical (unpaired) electrons. The predicted molar refractivity (Wildman–Crippen MR) is 76.5 cm³/mol. The zero-order chi connectivity index (χ0) is 11.7. The monoisotopic (exact) mass is 308 g/mol. The highest BCUT2D eigenvalue weighted by molar-refractivity contribution is 9.10. The highest BCUT2D eigenvalue weighted by atomic mass is 79.9. The molecule has 0 unspecified atom stereocenters. The molecule has 1 N–H and O–H groups in total. The quantitative estimate of drug-likeness (QED) is 0.906. The summed E-state index contributed by atoms with van der Waals surface area (Å²) in [4.78, 5) is 0. The Kier molecular flexibility index (Phi) is 3.16. The second-order valence-electron chi connectivity index (χ2n) is 4.41. The third-order valence-electron chi connectivity index (χ3n) is 2.91. The van der Waals surface area contributed by atoms with Crippen LogP contribution in [0.4, 0.5) is 5.00 Å². The van der Waals surface area contributed by atoms with Crippen molar-refractivity contribution in [1.82, 2.24) is 4.37 Å². The molecule has 2 aromatic rings. The topological polar surface area (TPSA) is 24.9 Å². The molecule has 1 aromatic carbocycles. The first-order valence-electron chi connectivity index (χ1n) is 5.78. The Hall–Kier alpha value is -0.870. The van der Waals surface area contributed by atoms with Crippen LogP contribution in [0.1, 0.15) is 12.8 Å². The van der Waals surface area contributed by atoms with Crippen LogP contribution < -0.4 is 5.32 Å². The van der Waals surface area contributed by atoms with Gasteiger partial charge in [-0.3, -0.25) is 0 Å². The molecule has 17 heavy (non-hydrogen) atoms. The molecule has 1 heterocycles. The van der Waals surface area contributed by atoms with E-state index in [0.29, 0.717) is 0 Å². The second-order valence-corrected chi connectivity index (χ2v) is 6.13. The zero-order valence-corrected chi connectivity index (χ0v) is 11.7. The van der Waals surface area contributed by atoms with Crippen molar-refractivity contribution in [3.63, 3.8) is 0 Å². The van der Waals surface area contributed by atoms with E-state index in [1.165, 1.54) is 23.4 Å². The number of benzene rings is 1. The molecule has 88 valence electrons. The molecule has 4 heteroatoms. The molecular formula is C13H13BrN2S. The third kappa shape index (κ3) is 2.87. The summed E-state index contributed by atoms with van der Waals surface area (Å²) in [6.07, 6.45) is 2.76. The lowest BCUT2D eigenvalue weighted by Gasteiger charge is -1.99. The van der Waals surface area contributed by atoms with Crippen molar-refractivity contribution in [1.29, 1.82) is 0 Å². The van der Waals surface area contributed by atoms with Crippen LogP contribution >= 0.6 is 27.5 Å². The van der Waals surface area contributed by atoms with Gasteiger partial charge in [-0.25, -0.2) is 0 Å². The molecule has 1 aliphatic carbocycles. The maximum absolute atomic E-state index is 4.48. The van der Waals surface area contributed by atoms with Crippen molar-refractivity contribution < 1.29 is 0 Å². The van der Waals surface area contributed by atoms with Crippen molar-refractivity contribution in [2.75, 3.05) is 11.9 Å². The molecule has 0 spiro atoms. The first kappa shape index (κ1) is 11.2. The number of halogens is 1. The number of rotatable bonds is 4.